The summed E-state index contributed by atoms with van der Waals surface area (Å²) in [6.45, 7) is 2.18. The Kier molecular flexibility index (Phi) is 6.27. The van der Waals surface area contributed by atoms with Crippen LogP contribution in [0.15, 0.2) is 24.3 Å². The fraction of sp³-hybridized carbons (Fsp3) is 0.478. The van der Waals surface area contributed by atoms with Crippen molar-refractivity contribution in [2.75, 3.05) is 27.3 Å². The molecule has 2 aliphatic rings. The minimum Gasteiger partial charge on any atom is -0.493 e. The molecular formula is C23H28N2O4S. The van der Waals surface area contributed by atoms with Crippen LogP contribution >= 0.6 is 11.3 Å². The summed E-state index contributed by atoms with van der Waals surface area (Å²) in [6.07, 6.45) is 4.58. The van der Waals surface area contributed by atoms with Crippen molar-refractivity contribution >= 4 is 23.2 Å². The summed E-state index contributed by atoms with van der Waals surface area (Å²) in [5, 5.41) is 3.06. The van der Waals surface area contributed by atoms with Gasteiger partial charge in [0.25, 0.3) is 5.91 Å². The number of aryl methyl sites for hydroxylation is 1. The van der Waals surface area contributed by atoms with Crippen LogP contribution in [0.3, 0.4) is 0 Å². The van der Waals surface area contributed by atoms with E-state index < -0.39 is 0 Å². The molecule has 0 saturated carbocycles. The first-order valence-electron chi connectivity index (χ1n) is 10.5. The van der Waals surface area contributed by atoms with Gasteiger partial charge in [0.05, 0.1) is 19.1 Å². The van der Waals surface area contributed by atoms with Gasteiger partial charge in [-0.05, 0) is 61.4 Å². The van der Waals surface area contributed by atoms with Crippen LogP contribution in [0.4, 0.5) is 0 Å². The van der Waals surface area contributed by atoms with E-state index in [0.29, 0.717) is 24.5 Å². The Morgan fingerprint density at radius 1 is 1.13 bits per heavy atom. The molecular weight excluding hydrogens is 400 g/mol. The number of nitrogens with zero attached hydrogens (tertiary/aromatic N) is 1. The highest BCUT2D eigenvalue weighted by atomic mass is 32.1. The molecule has 0 spiro atoms. The first-order valence-corrected chi connectivity index (χ1v) is 11.3. The number of likely N-dealkylation sites (tertiary alicyclic amines) is 1. The molecule has 1 aliphatic heterocycles. The van der Waals surface area contributed by atoms with Gasteiger partial charge < -0.3 is 19.7 Å². The van der Waals surface area contributed by atoms with Crippen LogP contribution < -0.4 is 14.8 Å². The number of thiophene rings is 1. The second kappa shape index (κ2) is 9.08. The fourth-order valence-electron chi connectivity index (χ4n) is 4.25. The molecule has 0 bridgehead atoms. The van der Waals surface area contributed by atoms with E-state index in [4.69, 9.17) is 9.47 Å². The van der Waals surface area contributed by atoms with Gasteiger partial charge in [0.15, 0.2) is 11.5 Å². The van der Waals surface area contributed by atoms with E-state index in [9.17, 15) is 9.59 Å². The summed E-state index contributed by atoms with van der Waals surface area (Å²) < 4.78 is 10.6. The molecule has 1 aromatic carbocycles. The van der Waals surface area contributed by atoms with Crippen LogP contribution in [0, 0.1) is 5.92 Å². The maximum Gasteiger partial charge on any atom is 0.263 e. The number of carbonyl (C=O) groups is 2. The number of carbonyl (C=O) groups excluding carboxylic acids is 2. The molecule has 160 valence electrons. The van der Waals surface area contributed by atoms with Crippen LogP contribution in [0.2, 0.25) is 0 Å². The Morgan fingerprint density at radius 2 is 1.90 bits per heavy atom. The Morgan fingerprint density at radius 3 is 2.63 bits per heavy atom. The summed E-state index contributed by atoms with van der Waals surface area (Å²) in [4.78, 5) is 29.5. The topological polar surface area (TPSA) is 67.9 Å². The van der Waals surface area contributed by atoms with Crippen LogP contribution in [-0.2, 0) is 24.2 Å². The first-order chi connectivity index (χ1) is 14.6. The van der Waals surface area contributed by atoms with Gasteiger partial charge in [0, 0.05) is 30.4 Å². The lowest BCUT2D eigenvalue weighted by Gasteiger charge is -2.21. The number of benzene rings is 1. The SMILES string of the molecule is COc1ccc(CNC(=O)[C@@H]2CCc3sc(C(=O)N4CCCC4)cc3C2)cc1OC. The summed E-state index contributed by atoms with van der Waals surface area (Å²) in [5.74, 6) is 1.49. The van der Waals surface area contributed by atoms with Crippen molar-refractivity contribution in [3.8, 4) is 11.5 Å². The third kappa shape index (κ3) is 4.31. The molecule has 2 amide bonds. The summed E-state index contributed by atoms with van der Waals surface area (Å²) in [6, 6.07) is 7.68. The number of ether oxygens (including phenoxy) is 2. The quantitative estimate of drug-likeness (QED) is 0.766. The number of rotatable bonds is 6. The highest BCUT2D eigenvalue weighted by Crippen LogP contribution is 2.34. The Balaban J connectivity index is 1.36. The van der Waals surface area contributed by atoms with Gasteiger partial charge in [-0.1, -0.05) is 6.07 Å². The molecule has 4 rings (SSSR count). The summed E-state index contributed by atoms with van der Waals surface area (Å²) >= 11 is 1.61. The number of hydrogen-bond donors (Lipinski definition) is 1. The molecule has 6 nitrogen and oxygen atoms in total. The van der Waals surface area contributed by atoms with Gasteiger partial charge in [-0.25, -0.2) is 0 Å². The Labute approximate surface area is 181 Å². The molecule has 1 N–H and O–H groups in total. The molecule has 1 saturated heterocycles. The number of fused-ring (bicyclic) bond motifs is 1. The molecule has 30 heavy (non-hydrogen) atoms. The second-order valence-corrected chi connectivity index (χ2v) is 9.04. The first kappa shape index (κ1) is 20.7. The van der Waals surface area contributed by atoms with Gasteiger partial charge >= 0.3 is 0 Å². The minimum atomic E-state index is -0.0537. The van der Waals surface area contributed by atoms with E-state index in [1.54, 1.807) is 25.6 Å². The van der Waals surface area contributed by atoms with E-state index in [1.807, 2.05) is 29.2 Å². The van der Waals surface area contributed by atoms with Crippen LogP contribution in [0.25, 0.3) is 0 Å². The smallest absolute Gasteiger partial charge is 0.263 e. The van der Waals surface area contributed by atoms with E-state index in [0.717, 1.165) is 49.2 Å². The standard InChI is InChI=1S/C23H28N2O4S/c1-28-18-7-5-15(11-19(18)29-2)14-24-22(26)16-6-8-20-17(12-16)13-21(30-20)23(27)25-9-3-4-10-25/h5,7,11,13,16H,3-4,6,8-10,12,14H2,1-2H3,(H,24,26)/t16-/m1/s1. The number of amides is 2. The lowest BCUT2D eigenvalue weighted by molar-refractivity contribution is -0.125. The van der Waals surface area contributed by atoms with Crippen molar-refractivity contribution in [1.82, 2.24) is 10.2 Å². The molecule has 7 heteroatoms. The van der Waals surface area contributed by atoms with Crippen LogP contribution in [-0.4, -0.2) is 44.0 Å². The lowest BCUT2D eigenvalue weighted by Crippen LogP contribution is -2.33. The van der Waals surface area contributed by atoms with Gasteiger partial charge in [0.1, 0.15) is 0 Å². The lowest BCUT2D eigenvalue weighted by atomic mass is 9.87. The highest BCUT2D eigenvalue weighted by molar-refractivity contribution is 7.14. The maximum atomic E-state index is 12.8. The van der Waals surface area contributed by atoms with Gasteiger partial charge in [-0.3, -0.25) is 9.59 Å². The molecule has 1 aromatic heterocycles. The van der Waals surface area contributed by atoms with Crippen molar-refractivity contribution in [3.05, 3.63) is 45.1 Å². The van der Waals surface area contributed by atoms with Gasteiger partial charge in [0.2, 0.25) is 5.91 Å². The minimum absolute atomic E-state index is 0.0537. The molecule has 2 heterocycles. The van der Waals surface area contributed by atoms with Gasteiger partial charge in [-0.2, -0.15) is 0 Å². The highest BCUT2D eigenvalue weighted by Gasteiger charge is 2.29. The second-order valence-electron chi connectivity index (χ2n) is 7.91. The van der Waals surface area contributed by atoms with Crippen molar-refractivity contribution < 1.29 is 19.1 Å². The average Bonchev–Trinajstić information content (AvgIpc) is 3.46. The van der Waals surface area contributed by atoms with Crippen molar-refractivity contribution in [3.63, 3.8) is 0 Å². The van der Waals surface area contributed by atoms with E-state index in [-0.39, 0.29) is 17.7 Å². The zero-order chi connectivity index (χ0) is 21.1. The van der Waals surface area contributed by atoms with Gasteiger partial charge in [-0.15, -0.1) is 11.3 Å². The predicted molar refractivity (Wildman–Crippen MR) is 116 cm³/mol. The third-order valence-corrected chi connectivity index (χ3v) is 7.20. The van der Waals surface area contributed by atoms with Crippen molar-refractivity contribution in [2.45, 2.75) is 38.6 Å². The molecule has 1 atom stereocenters. The van der Waals surface area contributed by atoms with Crippen molar-refractivity contribution in [2.24, 2.45) is 5.92 Å². The summed E-state index contributed by atoms with van der Waals surface area (Å²) in [5.41, 5.74) is 2.13. The number of hydrogen-bond acceptors (Lipinski definition) is 5. The van der Waals surface area contributed by atoms with Crippen LogP contribution in [0.1, 0.15) is 44.9 Å². The van der Waals surface area contributed by atoms with E-state index >= 15 is 0 Å². The van der Waals surface area contributed by atoms with Crippen LogP contribution in [0.5, 0.6) is 11.5 Å². The Bertz CT molecular complexity index is 933. The molecule has 0 unspecified atom stereocenters. The molecule has 1 aliphatic carbocycles. The Hall–Kier alpha value is -2.54. The van der Waals surface area contributed by atoms with Crippen molar-refractivity contribution in [1.29, 1.82) is 0 Å². The number of nitrogens with one attached hydrogen (secondary N) is 1. The maximum absolute atomic E-state index is 12.8. The zero-order valence-electron chi connectivity index (χ0n) is 17.5. The molecule has 0 radical (unpaired) electrons. The van der Waals surface area contributed by atoms with E-state index in [1.165, 1.54) is 10.4 Å². The number of methoxy groups -OCH3 is 2. The largest absolute Gasteiger partial charge is 0.493 e. The monoisotopic (exact) mass is 428 g/mol. The molecule has 1 fully saturated rings. The molecule has 2 aromatic rings. The summed E-state index contributed by atoms with van der Waals surface area (Å²) in [7, 11) is 3.20. The zero-order valence-corrected chi connectivity index (χ0v) is 18.3. The fourth-order valence-corrected chi connectivity index (χ4v) is 5.43. The van der Waals surface area contributed by atoms with E-state index in [2.05, 4.69) is 5.32 Å². The normalized spacial score (nSPS) is 18.1. The average molecular weight is 429 g/mol. The third-order valence-electron chi connectivity index (χ3n) is 5.97. The predicted octanol–water partition coefficient (Wildman–Crippen LogP) is 3.42.